The zero-order valence-corrected chi connectivity index (χ0v) is 9.30. The molecule has 1 aromatic rings. The minimum atomic E-state index is -0.530. The standard InChI is InChI=1S/C10H15N3O3/c1-6-3-12-16-9(6)10(15)13(2)7-4-11-5-8(7)14/h3,7-8,11,14H,4-5H2,1-2H3/t7-,8-/m0/s1. The quantitative estimate of drug-likeness (QED) is 0.702. The number of aromatic nitrogens is 1. The van der Waals surface area contributed by atoms with Crippen LogP contribution in [0.3, 0.4) is 0 Å². The van der Waals surface area contributed by atoms with E-state index in [0.717, 1.165) is 0 Å². The summed E-state index contributed by atoms with van der Waals surface area (Å²) < 4.78 is 4.90. The Morgan fingerprint density at radius 1 is 1.69 bits per heavy atom. The average molecular weight is 225 g/mol. The molecule has 2 heterocycles. The first-order chi connectivity index (χ1) is 7.61. The smallest absolute Gasteiger partial charge is 0.292 e. The summed E-state index contributed by atoms with van der Waals surface area (Å²) in [4.78, 5) is 13.5. The number of hydrogen-bond acceptors (Lipinski definition) is 5. The third kappa shape index (κ3) is 1.81. The molecule has 0 unspecified atom stereocenters. The van der Waals surface area contributed by atoms with Crippen molar-refractivity contribution in [2.45, 2.75) is 19.1 Å². The Morgan fingerprint density at radius 2 is 2.44 bits per heavy atom. The molecule has 88 valence electrons. The highest BCUT2D eigenvalue weighted by Gasteiger charge is 2.33. The number of aliphatic hydroxyl groups is 1. The average Bonchev–Trinajstić information content (AvgIpc) is 2.85. The van der Waals surface area contributed by atoms with Gasteiger partial charge in [-0.3, -0.25) is 4.79 Å². The van der Waals surface area contributed by atoms with Gasteiger partial charge in [-0.2, -0.15) is 0 Å². The van der Waals surface area contributed by atoms with Gasteiger partial charge in [-0.25, -0.2) is 0 Å². The number of hydrogen-bond donors (Lipinski definition) is 2. The van der Waals surface area contributed by atoms with Crippen LogP contribution in [-0.4, -0.2) is 53.4 Å². The maximum absolute atomic E-state index is 12.0. The summed E-state index contributed by atoms with van der Waals surface area (Å²) in [5.74, 6) is -0.00986. The van der Waals surface area contributed by atoms with E-state index in [1.807, 2.05) is 0 Å². The molecule has 1 fully saturated rings. The molecule has 2 N–H and O–H groups in total. The van der Waals surface area contributed by atoms with E-state index < -0.39 is 6.10 Å². The van der Waals surface area contributed by atoms with Crippen LogP contribution in [0.25, 0.3) is 0 Å². The number of rotatable bonds is 2. The normalized spacial score (nSPS) is 24.7. The van der Waals surface area contributed by atoms with Crippen molar-refractivity contribution in [2.24, 2.45) is 0 Å². The molecule has 16 heavy (non-hydrogen) atoms. The van der Waals surface area contributed by atoms with E-state index in [-0.39, 0.29) is 17.7 Å². The van der Waals surface area contributed by atoms with E-state index in [0.29, 0.717) is 18.7 Å². The second-order valence-corrected chi connectivity index (χ2v) is 4.05. The van der Waals surface area contributed by atoms with Crippen LogP contribution in [0, 0.1) is 6.92 Å². The number of nitrogens with one attached hydrogen (secondary N) is 1. The molecule has 2 atom stereocenters. The van der Waals surface area contributed by atoms with Crippen LogP contribution in [-0.2, 0) is 0 Å². The molecule has 0 radical (unpaired) electrons. The van der Waals surface area contributed by atoms with Gasteiger partial charge < -0.3 is 19.8 Å². The summed E-state index contributed by atoms with van der Waals surface area (Å²) in [6.07, 6.45) is 0.974. The summed E-state index contributed by atoms with van der Waals surface area (Å²) in [6, 6.07) is -0.211. The van der Waals surface area contributed by atoms with E-state index in [1.54, 1.807) is 14.0 Å². The molecule has 1 aromatic heterocycles. The first kappa shape index (κ1) is 11.1. The van der Waals surface area contributed by atoms with Crippen LogP contribution in [0.4, 0.5) is 0 Å². The van der Waals surface area contributed by atoms with Crippen LogP contribution < -0.4 is 5.32 Å². The number of aryl methyl sites for hydroxylation is 1. The maximum Gasteiger partial charge on any atom is 0.292 e. The predicted molar refractivity (Wildman–Crippen MR) is 56.0 cm³/mol. The van der Waals surface area contributed by atoms with Crippen molar-refractivity contribution in [1.82, 2.24) is 15.4 Å². The summed E-state index contributed by atoms with van der Waals surface area (Å²) in [5.41, 5.74) is 0.706. The molecular formula is C10H15N3O3. The number of amides is 1. The molecular weight excluding hydrogens is 210 g/mol. The molecule has 1 saturated heterocycles. The molecule has 1 aliphatic heterocycles. The van der Waals surface area contributed by atoms with Crippen LogP contribution in [0.15, 0.2) is 10.7 Å². The highest BCUT2D eigenvalue weighted by atomic mass is 16.5. The van der Waals surface area contributed by atoms with Gasteiger partial charge in [0, 0.05) is 25.7 Å². The summed E-state index contributed by atoms with van der Waals surface area (Å²) in [5, 5.41) is 16.3. The molecule has 0 bridgehead atoms. The van der Waals surface area contributed by atoms with E-state index in [4.69, 9.17) is 4.52 Å². The third-order valence-corrected chi connectivity index (χ3v) is 2.91. The minimum absolute atomic E-state index is 0.211. The lowest BCUT2D eigenvalue weighted by atomic mass is 10.1. The molecule has 6 nitrogen and oxygen atoms in total. The zero-order valence-electron chi connectivity index (χ0n) is 9.30. The Kier molecular flexibility index (Phi) is 2.93. The van der Waals surface area contributed by atoms with E-state index in [1.165, 1.54) is 11.1 Å². The van der Waals surface area contributed by atoms with Gasteiger partial charge in [0.05, 0.1) is 18.3 Å². The van der Waals surface area contributed by atoms with Crippen molar-refractivity contribution < 1.29 is 14.4 Å². The van der Waals surface area contributed by atoms with Crippen molar-refractivity contribution in [1.29, 1.82) is 0 Å². The third-order valence-electron chi connectivity index (χ3n) is 2.91. The lowest BCUT2D eigenvalue weighted by Crippen LogP contribution is -2.44. The molecule has 1 amide bonds. The SMILES string of the molecule is Cc1cnoc1C(=O)N(C)[C@H]1CNC[C@@H]1O. The minimum Gasteiger partial charge on any atom is -0.390 e. The first-order valence-electron chi connectivity index (χ1n) is 5.18. The van der Waals surface area contributed by atoms with Crippen molar-refractivity contribution >= 4 is 5.91 Å². The zero-order chi connectivity index (χ0) is 11.7. The predicted octanol–water partition coefficient (Wildman–Crippen LogP) is -0.612. The van der Waals surface area contributed by atoms with Gasteiger partial charge in [0.25, 0.3) is 5.91 Å². The number of likely N-dealkylation sites (N-methyl/N-ethyl adjacent to an activating group) is 1. The largest absolute Gasteiger partial charge is 0.390 e. The molecule has 0 saturated carbocycles. The van der Waals surface area contributed by atoms with Gasteiger partial charge in [0.15, 0.2) is 0 Å². The number of β-amino-alcohol motifs (C(OH)–C–C–N with tert-alkyl or cyclic N) is 1. The van der Waals surface area contributed by atoms with Crippen molar-refractivity contribution in [3.05, 3.63) is 17.5 Å². The second-order valence-electron chi connectivity index (χ2n) is 4.05. The summed E-state index contributed by atoms with van der Waals surface area (Å²) >= 11 is 0. The highest BCUT2D eigenvalue weighted by molar-refractivity contribution is 5.92. The van der Waals surface area contributed by atoms with Gasteiger partial charge in [0.1, 0.15) is 0 Å². The molecule has 6 heteroatoms. The van der Waals surface area contributed by atoms with Crippen molar-refractivity contribution in [3.63, 3.8) is 0 Å². The fourth-order valence-corrected chi connectivity index (χ4v) is 1.85. The molecule has 0 aliphatic carbocycles. The number of aliphatic hydroxyl groups excluding tert-OH is 1. The van der Waals surface area contributed by atoms with Crippen molar-refractivity contribution in [2.75, 3.05) is 20.1 Å². The molecule has 1 aliphatic rings. The Balaban J connectivity index is 2.13. The van der Waals surface area contributed by atoms with E-state index in [2.05, 4.69) is 10.5 Å². The fraction of sp³-hybridized carbons (Fsp3) is 0.600. The number of carbonyl (C=O) groups is 1. The van der Waals surface area contributed by atoms with E-state index in [9.17, 15) is 9.90 Å². The Labute approximate surface area is 93.2 Å². The number of nitrogens with zero attached hydrogens (tertiary/aromatic N) is 2. The Morgan fingerprint density at radius 3 is 2.94 bits per heavy atom. The second kappa shape index (κ2) is 4.23. The van der Waals surface area contributed by atoms with Crippen LogP contribution in [0.2, 0.25) is 0 Å². The highest BCUT2D eigenvalue weighted by Crippen LogP contribution is 2.14. The van der Waals surface area contributed by atoms with Gasteiger partial charge in [0.2, 0.25) is 5.76 Å². The summed E-state index contributed by atoms with van der Waals surface area (Å²) in [6.45, 7) is 2.87. The lowest BCUT2D eigenvalue weighted by molar-refractivity contribution is 0.0543. The van der Waals surface area contributed by atoms with Crippen LogP contribution in [0.5, 0.6) is 0 Å². The lowest BCUT2D eigenvalue weighted by Gasteiger charge is -2.25. The van der Waals surface area contributed by atoms with Gasteiger partial charge >= 0.3 is 0 Å². The monoisotopic (exact) mass is 225 g/mol. The number of carbonyl (C=O) groups excluding carboxylic acids is 1. The fourth-order valence-electron chi connectivity index (χ4n) is 1.85. The van der Waals surface area contributed by atoms with Crippen LogP contribution >= 0.6 is 0 Å². The van der Waals surface area contributed by atoms with Gasteiger partial charge in [-0.15, -0.1) is 0 Å². The Bertz CT molecular complexity index is 390. The van der Waals surface area contributed by atoms with Gasteiger partial charge in [-0.05, 0) is 6.92 Å². The molecule has 0 spiro atoms. The summed E-state index contributed by atoms with van der Waals surface area (Å²) in [7, 11) is 1.66. The van der Waals surface area contributed by atoms with Gasteiger partial charge in [-0.1, -0.05) is 5.16 Å². The first-order valence-corrected chi connectivity index (χ1v) is 5.18. The van der Waals surface area contributed by atoms with Crippen LogP contribution in [0.1, 0.15) is 16.1 Å². The maximum atomic E-state index is 12.0. The Hall–Kier alpha value is -1.40. The topological polar surface area (TPSA) is 78.6 Å². The molecule has 0 aromatic carbocycles. The van der Waals surface area contributed by atoms with Crippen molar-refractivity contribution in [3.8, 4) is 0 Å². The van der Waals surface area contributed by atoms with E-state index >= 15 is 0 Å². The molecule has 2 rings (SSSR count).